The van der Waals surface area contributed by atoms with E-state index in [1.165, 1.54) is 24.3 Å². The predicted molar refractivity (Wildman–Crippen MR) is 115 cm³/mol. The fraction of sp³-hybridized carbons (Fsp3) is 0.240. The quantitative estimate of drug-likeness (QED) is 0.771. The van der Waals surface area contributed by atoms with Gasteiger partial charge in [-0.1, -0.05) is 31.2 Å². The Bertz CT molecular complexity index is 1110. The van der Waals surface area contributed by atoms with E-state index in [1.807, 2.05) is 6.08 Å². The van der Waals surface area contributed by atoms with Crippen LogP contribution in [0.5, 0.6) is 0 Å². The van der Waals surface area contributed by atoms with Gasteiger partial charge in [0.15, 0.2) is 0 Å². The SMILES string of the molecule is CCCN1CC2=C(OC(N)=C(C#N)C2c2ccc(F)cc2)/C(=C\c2ccc(F)cc2)C1. The van der Waals surface area contributed by atoms with Gasteiger partial charge >= 0.3 is 0 Å². The van der Waals surface area contributed by atoms with Crippen LogP contribution in [0.1, 0.15) is 30.4 Å². The molecule has 0 amide bonds. The van der Waals surface area contributed by atoms with Crippen LogP contribution in [0.25, 0.3) is 6.08 Å². The van der Waals surface area contributed by atoms with Crippen molar-refractivity contribution in [2.75, 3.05) is 19.6 Å². The highest BCUT2D eigenvalue weighted by molar-refractivity contribution is 5.63. The lowest BCUT2D eigenvalue weighted by Gasteiger charge is -2.38. The summed E-state index contributed by atoms with van der Waals surface area (Å²) in [5, 5.41) is 9.81. The highest BCUT2D eigenvalue weighted by Crippen LogP contribution is 2.43. The van der Waals surface area contributed by atoms with E-state index in [1.54, 1.807) is 24.3 Å². The molecule has 1 unspecified atom stereocenters. The molecule has 0 spiro atoms. The average molecular weight is 419 g/mol. The lowest BCUT2D eigenvalue weighted by atomic mass is 9.80. The molecule has 2 aromatic rings. The van der Waals surface area contributed by atoms with Gasteiger partial charge in [-0.15, -0.1) is 0 Å². The van der Waals surface area contributed by atoms with Gasteiger partial charge < -0.3 is 10.5 Å². The zero-order chi connectivity index (χ0) is 22.0. The van der Waals surface area contributed by atoms with Gasteiger partial charge in [-0.05, 0) is 60.0 Å². The minimum absolute atomic E-state index is 0.0597. The van der Waals surface area contributed by atoms with E-state index in [0.29, 0.717) is 24.4 Å². The number of halogens is 2. The van der Waals surface area contributed by atoms with Crippen molar-refractivity contribution in [3.8, 4) is 6.07 Å². The number of allylic oxidation sites excluding steroid dienone is 1. The molecule has 2 N–H and O–H groups in total. The predicted octanol–water partition coefficient (Wildman–Crippen LogP) is 4.84. The van der Waals surface area contributed by atoms with Crippen molar-refractivity contribution in [1.82, 2.24) is 4.90 Å². The monoisotopic (exact) mass is 419 g/mol. The van der Waals surface area contributed by atoms with Crippen molar-refractivity contribution in [3.63, 3.8) is 0 Å². The molecule has 0 radical (unpaired) electrons. The van der Waals surface area contributed by atoms with Crippen molar-refractivity contribution in [2.45, 2.75) is 19.3 Å². The van der Waals surface area contributed by atoms with Crippen molar-refractivity contribution >= 4 is 6.08 Å². The minimum atomic E-state index is -0.411. The van der Waals surface area contributed by atoms with E-state index in [0.717, 1.165) is 35.2 Å². The summed E-state index contributed by atoms with van der Waals surface area (Å²) in [7, 11) is 0. The van der Waals surface area contributed by atoms with E-state index < -0.39 is 5.92 Å². The Hall–Kier alpha value is -3.43. The largest absolute Gasteiger partial charge is 0.440 e. The molecular weight excluding hydrogens is 396 g/mol. The zero-order valence-electron chi connectivity index (χ0n) is 17.2. The van der Waals surface area contributed by atoms with Gasteiger partial charge in [0.2, 0.25) is 5.88 Å². The fourth-order valence-corrected chi connectivity index (χ4v) is 4.21. The topological polar surface area (TPSA) is 62.3 Å². The molecule has 0 saturated carbocycles. The summed E-state index contributed by atoms with van der Waals surface area (Å²) >= 11 is 0. The van der Waals surface area contributed by atoms with Gasteiger partial charge in [-0.2, -0.15) is 5.26 Å². The highest BCUT2D eigenvalue weighted by atomic mass is 19.1. The van der Waals surface area contributed by atoms with E-state index in [-0.39, 0.29) is 17.5 Å². The van der Waals surface area contributed by atoms with Gasteiger partial charge in [-0.25, -0.2) is 8.78 Å². The second-order valence-electron chi connectivity index (χ2n) is 7.76. The first-order chi connectivity index (χ1) is 15.0. The second-order valence-corrected chi connectivity index (χ2v) is 7.76. The summed E-state index contributed by atoms with van der Waals surface area (Å²) in [5.74, 6) is -0.347. The fourth-order valence-electron chi connectivity index (χ4n) is 4.21. The first-order valence-electron chi connectivity index (χ1n) is 10.2. The van der Waals surface area contributed by atoms with Crippen LogP contribution in [0.3, 0.4) is 0 Å². The van der Waals surface area contributed by atoms with Gasteiger partial charge in [0.05, 0.1) is 5.92 Å². The van der Waals surface area contributed by atoms with Crippen molar-refractivity contribution in [2.24, 2.45) is 5.73 Å². The summed E-state index contributed by atoms with van der Waals surface area (Å²) in [6.45, 7) is 4.25. The van der Waals surface area contributed by atoms with E-state index >= 15 is 0 Å². The third-order valence-electron chi connectivity index (χ3n) is 5.56. The minimum Gasteiger partial charge on any atom is -0.440 e. The first-order valence-corrected chi connectivity index (χ1v) is 10.2. The van der Waals surface area contributed by atoms with Crippen LogP contribution in [0.2, 0.25) is 0 Å². The smallest absolute Gasteiger partial charge is 0.205 e. The van der Waals surface area contributed by atoms with E-state index in [9.17, 15) is 14.0 Å². The molecular formula is C25H23F2N3O. The molecule has 0 aliphatic carbocycles. The average Bonchev–Trinajstić information content (AvgIpc) is 2.76. The van der Waals surface area contributed by atoms with Gasteiger partial charge in [0, 0.05) is 18.7 Å². The van der Waals surface area contributed by atoms with Gasteiger partial charge in [0.1, 0.15) is 29.0 Å². The maximum Gasteiger partial charge on any atom is 0.205 e. The standard InChI is InChI=1S/C25H23F2N3O/c1-2-11-30-14-18(12-16-3-7-19(26)8-4-16)24-22(15-30)23(21(13-28)25(29)31-24)17-5-9-20(27)10-6-17/h3-10,12,23H,2,11,14-15,29H2,1H3/b18-12-. The molecule has 2 aromatic carbocycles. The van der Waals surface area contributed by atoms with Crippen molar-refractivity contribution in [1.29, 1.82) is 5.26 Å². The van der Waals surface area contributed by atoms with Crippen LogP contribution < -0.4 is 5.73 Å². The lowest BCUT2D eigenvalue weighted by Crippen LogP contribution is -2.38. The molecule has 4 rings (SSSR count). The molecule has 0 aromatic heterocycles. The Morgan fingerprint density at radius 3 is 2.35 bits per heavy atom. The van der Waals surface area contributed by atoms with Gasteiger partial charge in [0.25, 0.3) is 0 Å². The molecule has 31 heavy (non-hydrogen) atoms. The number of hydrogen-bond acceptors (Lipinski definition) is 4. The Morgan fingerprint density at radius 1 is 1.10 bits per heavy atom. The number of nitrogens with zero attached hydrogens (tertiary/aromatic N) is 2. The summed E-state index contributed by atoms with van der Waals surface area (Å²) in [5.41, 5.74) is 9.95. The van der Waals surface area contributed by atoms with Crippen LogP contribution in [-0.4, -0.2) is 24.5 Å². The number of rotatable bonds is 4. The number of hydrogen-bond donors (Lipinski definition) is 1. The lowest BCUT2D eigenvalue weighted by molar-refractivity contribution is 0.234. The molecule has 2 heterocycles. The Balaban J connectivity index is 1.85. The molecule has 2 aliphatic rings. The summed E-state index contributed by atoms with van der Waals surface area (Å²) < 4.78 is 32.9. The molecule has 158 valence electrons. The summed E-state index contributed by atoms with van der Waals surface area (Å²) in [6.07, 6.45) is 2.93. The molecule has 0 bridgehead atoms. The Kier molecular flexibility index (Phi) is 5.88. The second kappa shape index (κ2) is 8.75. The first kappa shape index (κ1) is 20.8. The zero-order valence-corrected chi connectivity index (χ0v) is 17.2. The third kappa shape index (κ3) is 4.23. The van der Waals surface area contributed by atoms with Crippen LogP contribution in [0, 0.1) is 23.0 Å². The van der Waals surface area contributed by atoms with Crippen molar-refractivity contribution in [3.05, 3.63) is 99.7 Å². The third-order valence-corrected chi connectivity index (χ3v) is 5.56. The number of nitrogens with two attached hydrogens (primary N) is 1. The molecule has 4 nitrogen and oxygen atoms in total. The molecule has 2 aliphatic heterocycles. The molecule has 1 atom stereocenters. The molecule has 0 fully saturated rings. The van der Waals surface area contributed by atoms with Gasteiger partial charge in [-0.3, -0.25) is 4.90 Å². The number of ether oxygens (including phenoxy) is 1. The van der Waals surface area contributed by atoms with Crippen molar-refractivity contribution < 1.29 is 13.5 Å². The summed E-state index contributed by atoms with van der Waals surface area (Å²) in [6, 6.07) is 14.6. The van der Waals surface area contributed by atoms with E-state index in [4.69, 9.17) is 10.5 Å². The maximum absolute atomic E-state index is 13.6. The Labute approximate surface area is 180 Å². The van der Waals surface area contributed by atoms with E-state index in [2.05, 4.69) is 17.9 Å². The van der Waals surface area contributed by atoms with Crippen LogP contribution >= 0.6 is 0 Å². The maximum atomic E-state index is 13.6. The highest BCUT2D eigenvalue weighted by Gasteiger charge is 2.37. The number of benzene rings is 2. The Morgan fingerprint density at radius 2 is 1.74 bits per heavy atom. The number of nitriles is 1. The molecule has 6 heteroatoms. The summed E-state index contributed by atoms with van der Waals surface area (Å²) in [4.78, 5) is 2.28. The van der Waals surface area contributed by atoms with Crippen LogP contribution in [0.4, 0.5) is 8.78 Å². The van der Waals surface area contributed by atoms with Crippen LogP contribution in [0.15, 0.2) is 76.9 Å². The normalized spacial score (nSPS) is 20.5. The molecule has 0 saturated heterocycles. The van der Waals surface area contributed by atoms with Crippen LogP contribution in [-0.2, 0) is 4.74 Å².